The van der Waals surface area contributed by atoms with Gasteiger partial charge in [0.1, 0.15) is 11.9 Å². The lowest BCUT2D eigenvalue weighted by Gasteiger charge is -2.22. The molecule has 0 saturated carbocycles. The van der Waals surface area contributed by atoms with E-state index in [9.17, 15) is 14.0 Å². The summed E-state index contributed by atoms with van der Waals surface area (Å²) in [5, 5.41) is 5.31. The molecular weight excluding hydrogens is 343 g/mol. The van der Waals surface area contributed by atoms with Crippen molar-refractivity contribution in [2.45, 2.75) is 26.8 Å². The van der Waals surface area contributed by atoms with Crippen molar-refractivity contribution in [2.75, 3.05) is 5.32 Å². The summed E-state index contributed by atoms with van der Waals surface area (Å²) in [5.74, 6) is -1.41. The molecule has 1 unspecified atom stereocenters. The highest BCUT2D eigenvalue weighted by atomic mass is 35.5. The predicted octanol–water partition coefficient (Wildman–Crippen LogP) is 4.18. The Labute approximate surface area is 151 Å². The first kappa shape index (κ1) is 18.9. The summed E-state index contributed by atoms with van der Waals surface area (Å²) in [7, 11) is 0. The van der Waals surface area contributed by atoms with Crippen LogP contribution in [0.5, 0.6) is 0 Å². The van der Waals surface area contributed by atoms with Gasteiger partial charge in [0, 0.05) is 11.3 Å². The van der Waals surface area contributed by atoms with Gasteiger partial charge < -0.3 is 10.6 Å². The first-order valence-electron chi connectivity index (χ1n) is 7.91. The van der Waals surface area contributed by atoms with Gasteiger partial charge in [-0.1, -0.05) is 43.1 Å². The van der Waals surface area contributed by atoms with Crippen molar-refractivity contribution < 1.29 is 14.0 Å². The molecule has 4 nitrogen and oxygen atoms in total. The average molecular weight is 363 g/mol. The lowest BCUT2D eigenvalue weighted by molar-refractivity contribution is -0.118. The van der Waals surface area contributed by atoms with E-state index in [0.717, 1.165) is 5.56 Å². The summed E-state index contributed by atoms with van der Waals surface area (Å²) in [4.78, 5) is 24.9. The fourth-order valence-electron chi connectivity index (χ4n) is 2.26. The lowest BCUT2D eigenvalue weighted by atomic mass is 10.0. The summed E-state index contributed by atoms with van der Waals surface area (Å²) in [6.45, 7) is 5.59. The zero-order valence-corrected chi connectivity index (χ0v) is 15.0. The molecular formula is C19H20ClFN2O2. The summed E-state index contributed by atoms with van der Waals surface area (Å²) in [6, 6.07) is 10.3. The van der Waals surface area contributed by atoms with E-state index in [1.807, 2.05) is 32.9 Å². The van der Waals surface area contributed by atoms with E-state index in [1.165, 1.54) is 18.2 Å². The third-order valence-electron chi connectivity index (χ3n) is 3.74. The van der Waals surface area contributed by atoms with Crippen LogP contribution in [0.25, 0.3) is 0 Å². The first-order valence-corrected chi connectivity index (χ1v) is 8.29. The molecule has 2 N–H and O–H groups in total. The number of amides is 2. The van der Waals surface area contributed by atoms with Crippen molar-refractivity contribution in [2.24, 2.45) is 5.92 Å². The monoisotopic (exact) mass is 362 g/mol. The summed E-state index contributed by atoms with van der Waals surface area (Å²) < 4.78 is 13.2. The van der Waals surface area contributed by atoms with E-state index in [1.54, 1.807) is 12.1 Å². The second-order valence-electron chi connectivity index (χ2n) is 6.18. The van der Waals surface area contributed by atoms with Gasteiger partial charge in [-0.05, 0) is 43.2 Å². The van der Waals surface area contributed by atoms with E-state index >= 15 is 0 Å². The van der Waals surface area contributed by atoms with E-state index in [4.69, 9.17) is 11.6 Å². The Hall–Kier alpha value is -2.40. The van der Waals surface area contributed by atoms with Gasteiger partial charge >= 0.3 is 0 Å². The maximum atomic E-state index is 13.2. The molecule has 2 amide bonds. The van der Waals surface area contributed by atoms with Gasteiger partial charge in [0.2, 0.25) is 5.91 Å². The highest BCUT2D eigenvalue weighted by molar-refractivity contribution is 6.31. The number of hydrogen-bond donors (Lipinski definition) is 2. The standard InChI is InChI=1S/C19H20ClFN2O2/c1-11(2)17(23-18(24)13-6-4-12(3)5-7-13)19(25)22-14-8-9-16(21)15(20)10-14/h4-11,17H,1-3H3,(H,22,25)(H,23,24). The summed E-state index contributed by atoms with van der Waals surface area (Å²) in [6.07, 6.45) is 0. The molecule has 6 heteroatoms. The number of carbonyl (C=O) groups excluding carboxylic acids is 2. The third kappa shape index (κ3) is 5.03. The van der Waals surface area contributed by atoms with Crippen molar-refractivity contribution in [3.05, 3.63) is 64.4 Å². The number of hydrogen-bond acceptors (Lipinski definition) is 2. The Kier molecular flexibility index (Phi) is 6.15. The first-order chi connectivity index (χ1) is 11.8. The Morgan fingerprint density at radius 3 is 2.28 bits per heavy atom. The van der Waals surface area contributed by atoms with Crippen LogP contribution < -0.4 is 10.6 Å². The number of benzene rings is 2. The smallest absolute Gasteiger partial charge is 0.251 e. The van der Waals surface area contributed by atoms with E-state index in [2.05, 4.69) is 10.6 Å². The van der Waals surface area contributed by atoms with Gasteiger partial charge in [-0.2, -0.15) is 0 Å². The van der Waals surface area contributed by atoms with Crippen molar-refractivity contribution in [1.82, 2.24) is 5.32 Å². The maximum absolute atomic E-state index is 13.2. The van der Waals surface area contributed by atoms with Crippen molar-refractivity contribution >= 4 is 29.1 Å². The minimum absolute atomic E-state index is 0.0809. The minimum atomic E-state index is -0.738. The molecule has 0 fully saturated rings. The quantitative estimate of drug-likeness (QED) is 0.838. The fourth-order valence-corrected chi connectivity index (χ4v) is 2.44. The molecule has 0 aliphatic carbocycles. The predicted molar refractivity (Wildman–Crippen MR) is 97.3 cm³/mol. The Balaban J connectivity index is 2.11. The molecule has 0 bridgehead atoms. The molecule has 0 heterocycles. The zero-order chi connectivity index (χ0) is 18.6. The Morgan fingerprint density at radius 1 is 1.08 bits per heavy atom. The molecule has 0 saturated heterocycles. The van der Waals surface area contributed by atoms with Crippen molar-refractivity contribution in [3.8, 4) is 0 Å². The molecule has 0 aliphatic rings. The van der Waals surface area contributed by atoms with Gasteiger partial charge in [-0.3, -0.25) is 9.59 Å². The van der Waals surface area contributed by atoms with Gasteiger partial charge in [0.15, 0.2) is 0 Å². The highest BCUT2D eigenvalue weighted by Crippen LogP contribution is 2.20. The lowest BCUT2D eigenvalue weighted by Crippen LogP contribution is -2.47. The molecule has 2 rings (SSSR count). The maximum Gasteiger partial charge on any atom is 0.251 e. The normalized spacial score (nSPS) is 11.9. The molecule has 2 aromatic rings. The topological polar surface area (TPSA) is 58.2 Å². The number of halogens is 2. The minimum Gasteiger partial charge on any atom is -0.340 e. The largest absolute Gasteiger partial charge is 0.340 e. The fraction of sp³-hybridized carbons (Fsp3) is 0.263. The van der Waals surface area contributed by atoms with Crippen LogP contribution in [0.3, 0.4) is 0 Å². The van der Waals surface area contributed by atoms with E-state index in [0.29, 0.717) is 11.3 Å². The SMILES string of the molecule is Cc1ccc(C(=O)NC(C(=O)Nc2ccc(F)c(Cl)c2)C(C)C)cc1. The van der Waals surface area contributed by atoms with Gasteiger partial charge in [-0.15, -0.1) is 0 Å². The zero-order valence-electron chi connectivity index (χ0n) is 14.3. The molecule has 0 aromatic heterocycles. The van der Waals surface area contributed by atoms with Crippen molar-refractivity contribution in [1.29, 1.82) is 0 Å². The van der Waals surface area contributed by atoms with Crippen LogP contribution in [0.1, 0.15) is 29.8 Å². The molecule has 0 aliphatic heterocycles. The van der Waals surface area contributed by atoms with Crippen LogP contribution in [0.4, 0.5) is 10.1 Å². The Morgan fingerprint density at radius 2 is 1.72 bits per heavy atom. The van der Waals surface area contributed by atoms with Crippen LogP contribution in [0.2, 0.25) is 5.02 Å². The second-order valence-corrected chi connectivity index (χ2v) is 6.59. The number of anilines is 1. The van der Waals surface area contributed by atoms with Crippen LogP contribution in [-0.4, -0.2) is 17.9 Å². The second kappa shape index (κ2) is 8.12. The highest BCUT2D eigenvalue weighted by Gasteiger charge is 2.25. The summed E-state index contributed by atoms with van der Waals surface area (Å²) in [5.41, 5.74) is 1.89. The number of rotatable bonds is 5. The van der Waals surface area contributed by atoms with Gasteiger partial charge in [0.25, 0.3) is 5.91 Å². The van der Waals surface area contributed by atoms with Crippen LogP contribution in [-0.2, 0) is 4.79 Å². The molecule has 1 atom stereocenters. The molecule has 132 valence electrons. The Bertz CT molecular complexity index is 775. The van der Waals surface area contributed by atoms with Gasteiger partial charge in [0.05, 0.1) is 5.02 Å². The molecule has 25 heavy (non-hydrogen) atoms. The molecule has 2 aromatic carbocycles. The van der Waals surface area contributed by atoms with Crippen LogP contribution in [0, 0.1) is 18.7 Å². The molecule has 0 radical (unpaired) electrons. The van der Waals surface area contributed by atoms with E-state index in [-0.39, 0.29) is 16.8 Å². The van der Waals surface area contributed by atoms with E-state index < -0.39 is 17.8 Å². The summed E-state index contributed by atoms with van der Waals surface area (Å²) >= 11 is 5.72. The molecule has 0 spiro atoms. The number of nitrogens with one attached hydrogen (secondary N) is 2. The van der Waals surface area contributed by atoms with Gasteiger partial charge in [-0.25, -0.2) is 4.39 Å². The number of carbonyl (C=O) groups is 2. The van der Waals surface area contributed by atoms with Crippen LogP contribution in [0.15, 0.2) is 42.5 Å². The van der Waals surface area contributed by atoms with Crippen LogP contribution >= 0.6 is 11.6 Å². The number of aryl methyl sites for hydroxylation is 1. The van der Waals surface area contributed by atoms with Crippen molar-refractivity contribution in [3.63, 3.8) is 0 Å². The third-order valence-corrected chi connectivity index (χ3v) is 4.03. The average Bonchev–Trinajstić information content (AvgIpc) is 2.56.